The fourth-order valence-electron chi connectivity index (χ4n) is 1.82. The van der Waals surface area contributed by atoms with Gasteiger partial charge < -0.3 is 5.32 Å². The van der Waals surface area contributed by atoms with Gasteiger partial charge in [0.05, 0.1) is 15.7 Å². The number of aromatic nitrogens is 3. The Bertz CT molecular complexity index is 698. The topological polar surface area (TPSA) is 50.7 Å². The molecule has 0 unspecified atom stereocenters. The highest BCUT2D eigenvalue weighted by Crippen LogP contribution is 2.19. The van der Waals surface area contributed by atoms with E-state index in [9.17, 15) is 0 Å². The molecule has 0 aliphatic heterocycles. The van der Waals surface area contributed by atoms with Crippen LogP contribution in [0.2, 0.25) is 5.15 Å². The number of benzene rings is 1. The van der Waals surface area contributed by atoms with Crippen LogP contribution in [-0.4, -0.2) is 21.5 Å². The molecule has 0 aliphatic rings. The van der Waals surface area contributed by atoms with Crippen LogP contribution in [0.5, 0.6) is 0 Å². The van der Waals surface area contributed by atoms with Gasteiger partial charge in [-0.05, 0) is 24.1 Å². The van der Waals surface area contributed by atoms with E-state index in [1.807, 2.05) is 5.51 Å². The number of thiazole rings is 1. The van der Waals surface area contributed by atoms with Crippen molar-refractivity contribution in [2.75, 3.05) is 11.9 Å². The Morgan fingerprint density at radius 2 is 2.11 bits per heavy atom. The zero-order valence-corrected chi connectivity index (χ0v) is 11.6. The third-order valence-corrected chi connectivity index (χ3v) is 3.76. The summed E-state index contributed by atoms with van der Waals surface area (Å²) in [7, 11) is 0. The average molecular weight is 291 g/mol. The normalized spacial score (nSPS) is 10.8. The van der Waals surface area contributed by atoms with Gasteiger partial charge in [0.1, 0.15) is 17.3 Å². The summed E-state index contributed by atoms with van der Waals surface area (Å²) in [4.78, 5) is 12.3. The molecular weight excluding hydrogens is 280 g/mol. The Morgan fingerprint density at radius 1 is 1.16 bits per heavy atom. The van der Waals surface area contributed by atoms with E-state index < -0.39 is 0 Å². The van der Waals surface area contributed by atoms with Crippen molar-refractivity contribution >= 4 is 39.0 Å². The summed E-state index contributed by atoms with van der Waals surface area (Å²) >= 11 is 7.46. The summed E-state index contributed by atoms with van der Waals surface area (Å²) < 4.78 is 1.22. The number of nitrogens with one attached hydrogen (secondary N) is 1. The van der Waals surface area contributed by atoms with Gasteiger partial charge in [-0.25, -0.2) is 15.0 Å². The lowest BCUT2D eigenvalue weighted by atomic mass is 10.1. The van der Waals surface area contributed by atoms with E-state index in [1.54, 1.807) is 17.4 Å². The van der Waals surface area contributed by atoms with Crippen LogP contribution in [0.1, 0.15) is 5.56 Å². The third kappa shape index (κ3) is 3.00. The molecule has 0 spiro atoms. The van der Waals surface area contributed by atoms with Gasteiger partial charge in [-0.2, -0.15) is 0 Å². The highest BCUT2D eigenvalue weighted by molar-refractivity contribution is 7.16. The molecule has 0 fully saturated rings. The number of anilines is 1. The van der Waals surface area contributed by atoms with Crippen LogP contribution in [0.25, 0.3) is 10.2 Å². The van der Waals surface area contributed by atoms with E-state index in [2.05, 4.69) is 38.5 Å². The van der Waals surface area contributed by atoms with Crippen LogP contribution in [0.15, 0.2) is 36.1 Å². The molecule has 1 aromatic carbocycles. The highest BCUT2D eigenvalue weighted by atomic mass is 35.5. The van der Waals surface area contributed by atoms with E-state index >= 15 is 0 Å². The van der Waals surface area contributed by atoms with E-state index in [0.29, 0.717) is 5.15 Å². The van der Waals surface area contributed by atoms with Crippen molar-refractivity contribution in [3.8, 4) is 0 Å². The Kier molecular flexibility index (Phi) is 3.57. The summed E-state index contributed by atoms with van der Waals surface area (Å²) in [6, 6.07) is 8.09. The highest BCUT2D eigenvalue weighted by Gasteiger charge is 2.00. The lowest BCUT2D eigenvalue weighted by Gasteiger charge is -2.05. The summed E-state index contributed by atoms with van der Waals surface area (Å²) in [5.41, 5.74) is 4.19. The Hall–Kier alpha value is -1.72. The van der Waals surface area contributed by atoms with Crippen LogP contribution < -0.4 is 5.32 Å². The molecule has 0 saturated heterocycles. The van der Waals surface area contributed by atoms with Gasteiger partial charge in [0.2, 0.25) is 0 Å². The number of halogens is 1. The maximum atomic E-state index is 5.80. The van der Waals surface area contributed by atoms with Crippen LogP contribution in [0, 0.1) is 0 Å². The van der Waals surface area contributed by atoms with Gasteiger partial charge in [-0.1, -0.05) is 17.7 Å². The molecule has 1 N–H and O–H groups in total. The Morgan fingerprint density at radius 3 is 3.00 bits per heavy atom. The molecule has 2 heterocycles. The number of rotatable bonds is 4. The molecule has 0 aliphatic carbocycles. The Balaban J connectivity index is 1.62. The first-order valence-corrected chi connectivity index (χ1v) is 7.10. The summed E-state index contributed by atoms with van der Waals surface area (Å²) in [5, 5.41) is 3.67. The van der Waals surface area contributed by atoms with E-state index in [-0.39, 0.29) is 0 Å². The largest absolute Gasteiger partial charge is 0.370 e. The molecule has 4 nitrogen and oxygen atoms in total. The van der Waals surface area contributed by atoms with Gasteiger partial charge in [0.15, 0.2) is 0 Å². The first kappa shape index (κ1) is 12.3. The molecule has 2 aromatic heterocycles. The molecule has 0 bridgehead atoms. The van der Waals surface area contributed by atoms with Crippen molar-refractivity contribution in [3.63, 3.8) is 0 Å². The first-order chi connectivity index (χ1) is 9.31. The molecule has 0 radical (unpaired) electrons. The standard InChI is InChI=1S/C13H11ClN4S/c14-12-6-13(17-7-16-12)15-4-3-9-1-2-11-10(5-9)18-8-19-11/h1-2,5-8H,3-4H2,(H,15,16,17). The third-order valence-electron chi connectivity index (χ3n) is 2.75. The summed E-state index contributed by atoms with van der Waals surface area (Å²) in [5.74, 6) is 0.745. The van der Waals surface area contributed by atoms with Gasteiger partial charge in [0.25, 0.3) is 0 Å². The lowest BCUT2D eigenvalue weighted by molar-refractivity contribution is 1.00. The monoisotopic (exact) mass is 290 g/mol. The van der Waals surface area contributed by atoms with Crippen LogP contribution in [0.3, 0.4) is 0 Å². The van der Waals surface area contributed by atoms with Crippen molar-refractivity contribution in [2.24, 2.45) is 0 Å². The fourth-order valence-corrected chi connectivity index (χ4v) is 2.63. The minimum Gasteiger partial charge on any atom is -0.370 e. The van der Waals surface area contributed by atoms with Gasteiger partial charge in [-0.3, -0.25) is 0 Å². The second kappa shape index (κ2) is 5.50. The molecule has 0 amide bonds. The van der Waals surface area contributed by atoms with E-state index in [1.165, 1.54) is 16.6 Å². The van der Waals surface area contributed by atoms with Gasteiger partial charge in [-0.15, -0.1) is 11.3 Å². The molecule has 19 heavy (non-hydrogen) atoms. The Labute approximate surface area is 119 Å². The smallest absolute Gasteiger partial charge is 0.134 e. The molecule has 96 valence electrons. The molecule has 0 saturated carbocycles. The second-order valence-electron chi connectivity index (χ2n) is 4.06. The van der Waals surface area contributed by atoms with Crippen LogP contribution in [-0.2, 0) is 6.42 Å². The van der Waals surface area contributed by atoms with Crippen molar-refractivity contribution in [3.05, 3.63) is 46.8 Å². The maximum Gasteiger partial charge on any atom is 0.134 e. The van der Waals surface area contributed by atoms with E-state index in [0.717, 1.165) is 24.3 Å². The number of fused-ring (bicyclic) bond motifs is 1. The van der Waals surface area contributed by atoms with E-state index in [4.69, 9.17) is 11.6 Å². The lowest BCUT2D eigenvalue weighted by Crippen LogP contribution is -2.06. The number of hydrogen-bond donors (Lipinski definition) is 1. The first-order valence-electron chi connectivity index (χ1n) is 5.85. The molecule has 3 aromatic rings. The molecule has 0 atom stereocenters. The zero-order valence-electron chi connectivity index (χ0n) is 10.0. The molecule has 6 heteroatoms. The molecule has 3 rings (SSSR count). The van der Waals surface area contributed by atoms with Crippen LogP contribution >= 0.6 is 22.9 Å². The summed E-state index contributed by atoms with van der Waals surface area (Å²) in [6.07, 6.45) is 2.36. The number of nitrogens with zero attached hydrogens (tertiary/aromatic N) is 3. The maximum absolute atomic E-state index is 5.80. The minimum absolute atomic E-state index is 0.446. The summed E-state index contributed by atoms with van der Waals surface area (Å²) in [6.45, 7) is 0.795. The predicted octanol–water partition coefficient (Wildman–Crippen LogP) is 3.39. The van der Waals surface area contributed by atoms with Crippen LogP contribution in [0.4, 0.5) is 5.82 Å². The predicted molar refractivity (Wildman–Crippen MR) is 78.9 cm³/mol. The zero-order chi connectivity index (χ0) is 13.1. The quantitative estimate of drug-likeness (QED) is 0.748. The van der Waals surface area contributed by atoms with Crippen molar-refractivity contribution in [1.82, 2.24) is 15.0 Å². The van der Waals surface area contributed by atoms with Crippen molar-refractivity contribution < 1.29 is 0 Å². The SMILES string of the molecule is Clc1cc(NCCc2ccc3scnc3c2)ncn1. The van der Waals surface area contributed by atoms with Crippen molar-refractivity contribution in [2.45, 2.75) is 6.42 Å². The average Bonchev–Trinajstić information content (AvgIpc) is 2.86. The fraction of sp³-hybridized carbons (Fsp3) is 0.154. The van der Waals surface area contributed by atoms with Gasteiger partial charge >= 0.3 is 0 Å². The second-order valence-corrected chi connectivity index (χ2v) is 5.33. The molecular formula is C13H11ClN4S. The minimum atomic E-state index is 0.446. The van der Waals surface area contributed by atoms with Gasteiger partial charge in [0, 0.05) is 12.6 Å². The van der Waals surface area contributed by atoms with Crippen molar-refractivity contribution in [1.29, 1.82) is 0 Å². The number of hydrogen-bond acceptors (Lipinski definition) is 5.